The van der Waals surface area contributed by atoms with E-state index in [1.807, 2.05) is 0 Å². The van der Waals surface area contributed by atoms with Crippen LogP contribution in [0.2, 0.25) is 0 Å². The smallest absolute Gasteiger partial charge is 0.384 e. The van der Waals surface area contributed by atoms with Crippen LogP contribution in [-0.4, -0.2) is 25.2 Å². The summed E-state index contributed by atoms with van der Waals surface area (Å²) in [6.45, 7) is 3.20. The van der Waals surface area contributed by atoms with E-state index in [0.717, 1.165) is 0 Å². The first-order valence-corrected chi connectivity index (χ1v) is 4.04. The quantitative estimate of drug-likeness (QED) is 0.287. The summed E-state index contributed by atoms with van der Waals surface area (Å²) in [5.41, 5.74) is 0. The van der Waals surface area contributed by atoms with Crippen LogP contribution >= 0.6 is 0 Å². The standard InChI is InChI=1S/C10H12O4/c1-3-6-10(12)14-8-5-4-7-13-9(2)11/h4-5H,7-8H2,1-2H3/b5-4+. The molecule has 0 bridgehead atoms. The summed E-state index contributed by atoms with van der Waals surface area (Å²) in [4.78, 5) is 21.0. The van der Waals surface area contributed by atoms with Crippen LogP contribution in [0.1, 0.15) is 13.8 Å². The van der Waals surface area contributed by atoms with E-state index in [0.29, 0.717) is 0 Å². The van der Waals surface area contributed by atoms with E-state index in [2.05, 4.69) is 21.3 Å². The number of ether oxygens (including phenoxy) is 2. The van der Waals surface area contributed by atoms with Gasteiger partial charge in [-0.1, -0.05) is 5.92 Å². The summed E-state index contributed by atoms with van der Waals surface area (Å²) in [5.74, 6) is 3.73. The van der Waals surface area contributed by atoms with E-state index in [-0.39, 0.29) is 19.2 Å². The van der Waals surface area contributed by atoms with Crippen molar-refractivity contribution < 1.29 is 19.1 Å². The Hall–Kier alpha value is -1.76. The van der Waals surface area contributed by atoms with Crippen LogP contribution in [-0.2, 0) is 19.1 Å². The molecular weight excluding hydrogens is 184 g/mol. The van der Waals surface area contributed by atoms with Crippen LogP contribution in [0, 0.1) is 11.8 Å². The molecule has 0 aliphatic heterocycles. The fourth-order valence-electron chi connectivity index (χ4n) is 0.563. The summed E-state index contributed by atoms with van der Waals surface area (Å²) < 4.78 is 9.25. The number of esters is 2. The molecule has 0 aromatic rings. The Balaban J connectivity index is 3.47. The monoisotopic (exact) mass is 196 g/mol. The van der Waals surface area contributed by atoms with Crippen LogP contribution in [0.5, 0.6) is 0 Å². The lowest BCUT2D eigenvalue weighted by Crippen LogP contribution is -2.01. The Bertz CT molecular complexity index is 280. The lowest BCUT2D eigenvalue weighted by molar-refractivity contribution is -0.140. The Labute approximate surface area is 82.9 Å². The van der Waals surface area contributed by atoms with Crippen molar-refractivity contribution in [2.24, 2.45) is 0 Å². The average molecular weight is 196 g/mol. The first-order chi connectivity index (χ1) is 6.66. The van der Waals surface area contributed by atoms with Crippen LogP contribution < -0.4 is 0 Å². The molecule has 0 spiro atoms. The molecule has 0 aliphatic carbocycles. The SMILES string of the molecule is CC#CC(=O)OC/C=C/COC(C)=O. The molecule has 14 heavy (non-hydrogen) atoms. The van der Waals surface area contributed by atoms with Gasteiger partial charge in [0.1, 0.15) is 13.2 Å². The van der Waals surface area contributed by atoms with Crippen molar-refractivity contribution in [2.75, 3.05) is 13.2 Å². The maximum absolute atomic E-state index is 10.7. The van der Waals surface area contributed by atoms with Gasteiger partial charge in [0.15, 0.2) is 0 Å². The van der Waals surface area contributed by atoms with Crippen molar-refractivity contribution >= 4 is 11.9 Å². The van der Waals surface area contributed by atoms with Crippen molar-refractivity contribution in [1.29, 1.82) is 0 Å². The van der Waals surface area contributed by atoms with E-state index >= 15 is 0 Å². The van der Waals surface area contributed by atoms with Gasteiger partial charge in [-0.2, -0.15) is 0 Å². The summed E-state index contributed by atoms with van der Waals surface area (Å²) in [5, 5.41) is 0. The highest BCUT2D eigenvalue weighted by molar-refractivity contribution is 5.88. The fraction of sp³-hybridized carbons (Fsp3) is 0.400. The van der Waals surface area contributed by atoms with Crippen molar-refractivity contribution in [3.05, 3.63) is 12.2 Å². The van der Waals surface area contributed by atoms with Gasteiger partial charge >= 0.3 is 11.9 Å². The second kappa shape index (κ2) is 7.87. The first kappa shape index (κ1) is 12.2. The summed E-state index contributed by atoms with van der Waals surface area (Å²) in [6.07, 6.45) is 3.17. The molecule has 0 atom stereocenters. The molecule has 0 heterocycles. The molecule has 0 fully saturated rings. The van der Waals surface area contributed by atoms with E-state index in [9.17, 15) is 9.59 Å². The van der Waals surface area contributed by atoms with Crippen LogP contribution in [0.15, 0.2) is 12.2 Å². The number of hydrogen-bond donors (Lipinski definition) is 0. The maximum atomic E-state index is 10.7. The van der Waals surface area contributed by atoms with E-state index in [1.54, 1.807) is 19.1 Å². The van der Waals surface area contributed by atoms with E-state index in [4.69, 9.17) is 0 Å². The summed E-state index contributed by atoms with van der Waals surface area (Å²) in [7, 11) is 0. The molecule has 0 N–H and O–H groups in total. The van der Waals surface area contributed by atoms with Gasteiger partial charge in [0, 0.05) is 12.8 Å². The highest BCUT2D eigenvalue weighted by atomic mass is 16.5. The Morgan fingerprint density at radius 3 is 2.29 bits per heavy atom. The number of hydrogen-bond acceptors (Lipinski definition) is 4. The molecule has 0 aliphatic rings. The molecule has 0 rings (SSSR count). The molecule has 0 saturated carbocycles. The van der Waals surface area contributed by atoms with Crippen LogP contribution in [0.3, 0.4) is 0 Å². The second-order valence-corrected chi connectivity index (χ2v) is 2.25. The topological polar surface area (TPSA) is 52.6 Å². The van der Waals surface area contributed by atoms with E-state index in [1.165, 1.54) is 6.92 Å². The number of rotatable bonds is 4. The van der Waals surface area contributed by atoms with E-state index < -0.39 is 5.97 Å². The van der Waals surface area contributed by atoms with Gasteiger partial charge in [-0.05, 0) is 19.1 Å². The third kappa shape index (κ3) is 8.34. The zero-order valence-corrected chi connectivity index (χ0v) is 8.20. The lowest BCUT2D eigenvalue weighted by atomic mass is 10.5. The first-order valence-electron chi connectivity index (χ1n) is 4.04. The van der Waals surface area contributed by atoms with Gasteiger partial charge in [-0.3, -0.25) is 4.79 Å². The van der Waals surface area contributed by atoms with Crippen molar-refractivity contribution in [1.82, 2.24) is 0 Å². The highest BCUT2D eigenvalue weighted by Crippen LogP contribution is 1.82. The van der Waals surface area contributed by atoms with Crippen molar-refractivity contribution in [3.63, 3.8) is 0 Å². The summed E-state index contributed by atoms with van der Waals surface area (Å²) in [6, 6.07) is 0. The van der Waals surface area contributed by atoms with Crippen LogP contribution in [0.25, 0.3) is 0 Å². The zero-order valence-electron chi connectivity index (χ0n) is 8.20. The van der Waals surface area contributed by atoms with Crippen LogP contribution in [0.4, 0.5) is 0 Å². The molecule has 0 unspecified atom stereocenters. The average Bonchev–Trinajstić information content (AvgIpc) is 2.11. The second-order valence-electron chi connectivity index (χ2n) is 2.25. The van der Waals surface area contributed by atoms with Gasteiger partial charge in [-0.15, -0.1) is 0 Å². The third-order valence-electron chi connectivity index (χ3n) is 1.09. The van der Waals surface area contributed by atoms with Gasteiger partial charge in [0.05, 0.1) is 0 Å². The number of carbonyl (C=O) groups is 2. The highest BCUT2D eigenvalue weighted by Gasteiger charge is 1.92. The summed E-state index contributed by atoms with van der Waals surface area (Å²) >= 11 is 0. The maximum Gasteiger partial charge on any atom is 0.384 e. The van der Waals surface area contributed by atoms with Gasteiger partial charge < -0.3 is 9.47 Å². The molecule has 0 amide bonds. The minimum atomic E-state index is -0.565. The minimum Gasteiger partial charge on any atom is -0.462 e. The Morgan fingerprint density at radius 1 is 1.21 bits per heavy atom. The molecule has 0 radical (unpaired) electrons. The minimum absolute atomic E-state index is 0.134. The largest absolute Gasteiger partial charge is 0.462 e. The normalized spacial score (nSPS) is 9.00. The molecule has 0 aromatic carbocycles. The predicted octanol–water partition coefficient (Wildman–Crippen LogP) is 0.672. The van der Waals surface area contributed by atoms with Gasteiger partial charge in [-0.25, -0.2) is 4.79 Å². The number of carbonyl (C=O) groups excluding carboxylic acids is 2. The predicted molar refractivity (Wildman–Crippen MR) is 50.2 cm³/mol. The van der Waals surface area contributed by atoms with Crippen molar-refractivity contribution in [3.8, 4) is 11.8 Å². The van der Waals surface area contributed by atoms with Gasteiger partial charge in [0.2, 0.25) is 0 Å². The molecule has 76 valence electrons. The zero-order chi connectivity index (χ0) is 10.8. The molecule has 4 nitrogen and oxygen atoms in total. The molecular formula is C10H12O4. The molecule has 0 aromatic heterocycles. The third-order valence-corrected chi connectivity index (χ3v) is 1.09. The van der Waals surface area contributed by atoms with Crippen molar-refractivity contribution in [2.45, 2.75) is 13.8 Å². The fourth-order valence-corrected chi connectivity index (χ4v) is 0.563. The Morgan fingerprint density at radius 2 is 1.79 bits per heavy atom. The Kier molecular flexibility index (Phi) is 6.88. The lowest BCUT2D eigenvalue weighted by Gasteiger charge is -1.95. The molecule has 4 heteroatoms. The van der Waals surface area contributed by atoms with Gasteiger partial charge in [0.25, 0.3) is 0 Å². The molecule has 0 saturated heterocycles.